The van der Waals surface area contributed by atoms with Crippen LogP contribution in [0.3, 0.4) is 0 Å². The van der Waals surface area contributed by atoms with Crippen molar-refractivity contribution in [3.63, 3.8) is 0 Å². The summed E-state index contributed by atoms with van der Waals surface area (Å²) < 4.78 is 0. The van der Waals surface area contributed by atoms with E-state index in [0.29, 0.717) is 6.17 Å². The Morgan fingerprint density at radius 1 is 1.38 bits per heavy atom. The lowest BCUT2D eigenvalue weighted by molar-refractivity contribution is 0.0479. The van der Waals surface area contributed by atoms with Crippen LogP contribution < -0.4 is 11.0 Å². The topological polar surface area (TPSA) is 30.5 Å². The molecule has 0 saturated carbocycles. The molecule has 0 radical (unpaired) electrons. The molecule has 4 nitrogen and oxygen atoms in total. The van der Waals surface area contributed by atoms with E-state index in [-0.39, 0.29) is 0 Å². The predicted octanol–water partition coefficient (Wildman–Crippen LogP) is 0.839. The highest BCUT2D eigenvalue weighted by Gasteiger charge is 2.33. The van der Waals surface area contributed by atoms with Gasteiger partial charge in [0.1, 0.15) is 6.17 Å². The standard InChI is InChI=1S/C9H14N4/c1-2-6-9-10-11-12-7-3-5-8(4-1)13(9)12/h3,5,7,9-11H,1-2,4,6H2. The zero-order valence-corrected chi connectivity index (χ0v) is 7.53. The lowest BCUT2D eigenvalue weighted by atomic mass is 10.2. The molecule has 2 fully saturated rings. The van der Waals surface area contributed by atoms with Gasteiger partial charge in [0.25, 0.3) is 0 Å². The molecule has 0 bridgehead atoms. The lowest BCUT2D eigenvalue weighted by Gasteiger charge is -2.32. The molecular weight excluding hydrogens is 164 g/mol. The number of nitrogens with zero attached hydrogens (tertiary/aromatic N) is 2. The van der Waals surface area contributed by atoms with Gasteiger partial charge >= 0.3 is 0 Å². The molecule has 0 aliphatic carbocycles. The molecule has 0 aromatic rings. The molecule has 3 aliphatic heterocycles. The molecule has 0 aromatic carbocycles. The van der Waals surface area contributed by atoms with Crippen LogP contribution in [0.15, 0.2) is 24.0 Å². The van der Waals surface area contributed by atoms with Crippen LogP contribution in [0, 0.1) is 0 Å². The Bertz CT molecular complexity index is 271. The summed E-state index contributed by atoms with van der Waals surface area (Å²) >= 11 is 0. The average molecular weight is 178 g/mol. The van der Waals surface area contributed by atoms with E-state index in [4.69, 9.17) is 0 Å². The SMILES string of the molecule is C1=CN2NNC3CCCCC(=C1)N32. The van der Waals surface area contributed by atoms with E-state index in [2.05, 4.69) is 28.1 Å². The van der Waals surface area contributed by atoms with E-state index in [1.165, 1.54) is 31.4 Å². The van der Waals surface area contributed by atoms with Crippen molar-refractivity contribution in [2.75, 3.05) is 0 Å². The van der Waals surface area contributed by atoms with Gasteiger partial charge in [-0.05, 0) is 37.8 Å². The van der Waals surface area contributed by atoms with Gasteiger partial charge < -0.3 is 0 Å². The maximum Gasteiger partial charge on any atom is 0.115 e. The summed E-state index contributed by atoms with van der Waals surface area (Å²) in [6.45, 7) is 0. The van der Waals surface area contributed by atoms with Gasteiger partial charge in [-0.3, -0.25) is 5.01 Å². The smallest absolute Gasteiger partial charge is 0.115 e. The normalized spacial score (nSPS) is 31.4. The second-order valence-corrected chi connectivity index (χ2v) is 3.71. The van der Waals surface area contributed by atoms with Crippen molar-refractivity contribution in [3.05, 3.63) is 24.0 Å². The van der Waals surface area contributed by atoms with Crippen LogP contribution >= 0.6 is 0 Å². The summed E-state index contributed by atoms with van der Waals surface area (Å²) in [7, 11) is 0. The quantitative estimate of drug-likeness (QED) is 0.575. The summed E-state index contributed by atoms with van der Waals surface area (Å²) in [6, 6.07) is 0. The Hall–Kier alpha value is -1.00. The number of rotatable bonds is 0. The van der Waals surface area contributed by atoms with Crippen LogP contribution in [0.5, 0.6) is 0 Å². The molecule has 1 unspecified atom stereocenters. The van der Waals surface area contributed by atoms with Gasteiger partial charge in [-0.25, -0.2) is 10.5 Å². The number of nitrogens with one attached hydrogen (secondary N) is 2. The van der Waals surface area contributed by atoms with Crippen molar-refractivity contribution in [1.82, 2.24) is 21.1 Å². The van der Waals surface area contributed by atoms with Crippen LogP contribution in [0.4, 0.5) is 0 Å². The Kier molecular flexibility index (Phi) is 1.57. The van der Waals surface area contributed by atoms with Crippen LogP contribution in [0.2, 0.25) is 0 Å². The van der Waals surface area contributed by atoms with Gasteiger partial charge in [0.15, 0.2) is 0 Å². The zero-order chi connectivity index (χ0) is 8.67. The summed E-state index contributed by atoms with van der Waals surface area (Å²) in [6.07, 6.45) is 11.8. The van der Waals surface area contributed by atoms with Gasteiger partial charge in [-0.2, -0.15) is 0 Å². The van der Waals surface area contributed by atoms with E-state index in [9.17, 15) is 0 Å². The van der Waals surface area contributed by atoms with Gasteiger partial charge in [0.2, 0.25) is 0 Å². The van der Waals surface area contributed by atoms with Crippen molar-refractivity contribution in [2.24, 2.45) is 0 Å². The first-order valence-electron chi connectivity index (χ1n) is 4.92. The molecule has 3 rings (SSSR count). The fraction of sp³-hybridized carbons (Fsp3) is 0.556. The molecular formula is C9H14N4. The molecule has 1 atom stereocenters. The highest BCUT2D eigenvalue weighted by Crippen LogP contribution is 2.28. The maximum absolute atomic E-state index is 3.28. The minimum atomic E-state index is 0.443. The minimum absolute atomic E-state index is 0.443. The Morgan fingerprint density at radius 2 is 2.38 bits per heavy atom. The van der Waals surface area contributed by atoms with Crippen LogP contribution in [0.25, 0.3) is 0 Å². The highest BCUT2D eigenvalue weighted by atomic mass is 16.0. The van der Waals surface area contributed by atoms with E-state index in [1.54, 1.807) is 0 Å². The number of hydrogen-bond acceptors (Lipinski definition) is 4. The van der Waals surface area contributed by atoms with E-state index in [1.807, 2.05) is 11.3 Å². The molecule has 2 N–H and O–H groups in total. The van der Waals surface area contributed by atoms with Gasteiger partial charge in [0, 0.05) is 11.9 Å². The van der Waals surface area contributed by atoms with Crippen molar-refractivity contribution in [1.29, 1.82) is 0 Å². The molecule has 3 aliphatic rings. The number of allylic oxidation sites excluding steroid dienone is 3. The molecule has 70 valence electrons. The van der Waals surface area contributed by atoms with Crippen molar-refractivity contribution < 1.29 is 0 Å². The molecule has 2 saturated heterocycles. The van der Waals surface area contributed by atoms with Gasteiger partial charge in [-0.15, -0.1) is 5.53 Å². The summed E-state index contributed by atoms with van der Waals surface area (Å²) in [5.41, 5.74) is 7.84. The molecule has 13 heavy (non-hydrogen) atoms. The summed E-state index contributed by atoms with van der Waals surface area (Å²) in [5, 5.41) is 4.35. The number of hydrogen-bond donors (Lipinski definition) is 2. The van der Waals surface area contributed by atoms with E-state index >= 15 is 0 Å². The first kappa shape index (κ1) is 7.41. The fourth-order valence-corrected chi connectivity index (χ4v) is 2.20. The molecule has 3 heterocycles. The second kappa shape index (κ2) is 2.75. The molecule has 0 spiro atoms. The third kappa shape index (κ3) is 1.06. The minimum Gasteiger partial charge on any atom is -0.256 e. The zero-order valence-electron chi connectivity index (χ0n) is 7.53. The van der Waals surface area contributed by atoms with Crippen LogP contribution in [-0.2, 0) is 0 Å². The predicted molar refractivity (Wildman–Crippen MR) is 49.4 cm³/mol. The third-order valence-electron chi connectivity index (χ3n) is 2.84. The average Bonchev–Trinajstić information content (AvgIpc) is 2.44. The lowest BCUT2D eigenvalue weighted by Crippen LogP contribution is -2.40. The van der Waals surface area contributed by atoms with Gasteiger partial charge in [0.05, 0.1) is 0 Å². The van der Waals surface area contributed by atoms with Crippen LogP contribution in [0.1, 0.15) is 25.7 Å². The van der Waals surface area contributed by atoms with E-state index < -0.39 is 0 Å². The fourth-order valence-electron chi connectivity index (χ4n) is 2.20. The third-order valence-corrected chi connectivity index (χ3v) is 2.84. The van der Waals surface area contributed by atoms with Gasteiger partial charge in [-0.1, -0.05) is 0 Å². The first-order chi connectivity index (χ1) is 6.45. The molecule has 4 heteroatoms. The summed E-state index contributed by atoms with van der Waals surface area (Å²) in [5.74, 6) is 0. The molecule has 0 amide bonds. The molecule has 0 aromatic heterocycles. The monoisotopic (exact) mass is 178 g/mol. The Morgan fingerprint density at radius 3 is 3.38 bits per heavy atom. The number of hydrazine groups is 3. The van der Waals surface area contributed by atoms with E-state index in [0.717, 1.165) is 0 Å². The van der Waals surface area contributed by atoms with Crippen molar-refractivity contribution in [3.8, 4) is 0 Å². The maximum atomic E-state index is 3.28. The first-order valence-corrected chi connectivity index (χ1v) is 4.92. The Balaban J connectivity index is 1.96. The van der Waals surface area contributed by atoms with Crippen molar-refractivity contribution in [2.45, 2.75) is 31.8 Å². The second-order valence-electron chi connectivity index (χ2n) is 3.71. The largest absolute Gasteiger partial charge is 0.256 e. The highest BCUT2D eigenvalue weighted by molar-refractivity contribution is 5.17. The van der Waals surface area contributed by atoms with Crippen LogP contribution in [-0.4, -0.2) is 16.3 Å². The Labute approximate surface area is 77.8 Å². The summed E-state index contributed by atoms with van der Waals surface area (Å²) in [4.78, 5) is 0. The van der Waals surface area contributed by atoms with Crippen molar-refractivity contribution >= 4 is 0 Å².